The van der Waals surface area contributed by atoms with Crippen molar-refractivity contribution in [2.75, 3.05) is 47.4 Å². The second kappa shape index (κ2) is 8.10. The van der Waals surface area contributed by atoms with E-state index in [1.165, 1.54) is 6.07 Å². The number of nitrogens with one attached hydrogen (secondary N) is 1. The van der Waals surface area contributed by atoms with Crippen LogP contribution in [0.5, 0.6) is 0 Å². The Kier molecular flexibility index (Phi) is 6.15. The van der Waals surface area contributed by atoms with Crippen LogP contribution in [-0.2, 0) is 11.3 Å². The van der Waals surface area contributed by atoms with Gasteiger partial charge >= 0.3 is 0 Å². The molecule has 1 aliphatic heterocycles. The maximum absolute atomic E-state index is 13.2. The first kappa shape index (κ1) is 16.7. The quantitative estimate of drug-likeness (QED) is 0.669. The van der Waals surface area contributed by atoms with E-state index in [1.807, 2.05) is 18.0 Å². The van der Waals surface area contributed by atoms with E-state index in [-0.39, 0.29) is 11.9 Å². The van der Waals surface area contributed by atoms with Crippen molar-refractivity contribution in [2.45, 2.75) is 12.6 Å². The van der Waals surface area contributed by atoms with Crippen molar-refractivity contribution in [1.29, 1.82) is 0 Å². The van der Waals surface area contributed by atoms with Crippen LogP contribution >= 0.6 is 0 Å². The maximum atomic E-state index is 13.2. The lowest BCUT2D eigenvalue weighted by molar-refractivity contribution is -0.0163. The molecule has 1 heterocycles. The second-order valence-corrected chi connectivity index (χ2v) is 5.67. The summed E-state index contributed by atoms with van der Waals surface area (Å²) in [4.78, 5) is 8.51. The molecule has 1 N–H and O–H groups in total. The van der Waals surface area contributed by atoms with Gasteiger partial charge in [0.1, 0.15) is 5.82 Å². The van der Waals surface area contributed by atoms with Gasteiger partial charge in [0.2, 0.25) is 0 Å². The van der Waals surface area contributed by atoms with E-state index < -0.39 is 0 Å². The zero-order chi connectivity index (χ0) is 15.9. The molecule has 1 atom stereocenters. The molecule has 1 aromatic rings. The van der Waals surface area contributed by atoms with Gasteiger partial charge in [-0.2, -0.15) is 0 Å². The Hall–Kier alpha value is -1.66. The highest BCUT2D eigenvalue weighted by Gasteiger charge is 2.18. The van der Waals surface area contributed by atoms with Gasteiger partial charge in [-0.15, -0.1) is 0 Å². The molecular formula is C16H25FN4O. The normalized spacial score (nSPS) is 20.0. The first-order valence-corrected chi connectivity index (χ1v) is 7.55. The number of likely N-dealkylation sites (N-methyl/N-ethyl adjacent to an activating group) is 1. The topological polar surface area (TPSA) is 40.1 Å². The molecule has 0 aliphatic carbocycles. The van der Waals surface area contributed by atoms with Gasteiger partial charge in [0, 0.05) is 40.3 Å². The third-order valence-electron chi connectivity index (χ3n) is 3.71. The third kappa shape index (κ3) is 4.96. The zero-order valence-electron chi connectivity index (χ0n) is 13.6. The Labute approximate surface area is 131 Å². The predicted molar refractivity (Wildman–Crippen MR) is 86.5 cm³/mol. The van der Waals surface area contributed by atoms with E-state index in [1.54, 1.807) is 19.2 Å². The number of hydrogen-bond donors (Lipinski definition) is 1. The van der Waals surface area contributed by atoms with Crippen molar-refractivity contribution in [3.63, 3.8) is 0 Å². The first-order chi connectivity index (χ1) is 10.6. The van der Waals surface area contributed by atoms with E-state index in [0.29, 0.717) is 13.1 Å². The molecular weight excluding hydrogens is 283 g/mol. The van der Waals surface area contributed by atoms with Gasteiger partial charge < -0.3 is 19.9 Å². The highest BCUT2D eigenvalue weighted by molar-refractivity contribution is 5.79. The number of halogens is 1. The number of benzene rings is 1. The number of guanidine groups is 1. The van der Waals surface area contributed by atoms with Crippen molar-refractivity contribution in [2.24, 2.45) is 4.99 Å². The molecule has 122 valence electrons. The smallest absolute Gasteiger partial charge is 0.193 e. The van der Waals surface area contributed by atoms with E-state index in [2.05, 4.69) is 22.3 Å². The summed E-state index contributed by atoms with van der Waals surface area (Å²) in [5.41, 5.74) is 0.916. The Balaban J connectivity index is 1.85. The van der Waals surface area contributed by atoms with Crippen LogP contribution in [0, 0.1) is 5.82 Å². The van der Waals surface area contributed by atoms with Gasteiger partial charge in [-0.3, -0.25) is 4.99 Å². The highest BCUT2D eigenvalue weighted by Crippen LogP contribution is 2.07. The molecule has 5 nitrogen and oxygen atoms in total. The van der Waals surface area contributed by atoms with Crippen molar-refractivity contribution in [1.82, 2.24) is 15.1 Å². The molecule has 0 spiro atoms. The van der Waals surface area contributed by atoms with Crippen LogP contribution in [0.25, 0.3) is 0 Å². The van der Waals surface area contributed by atoms with Gasteiger partial charge in [0.25, 0.3) is 0 Å². The molecule has 0 radical (unpaired) electrons. The molecule has 1 aromatic carbocycles. The summed E-state index contributed by atoms with van der Waals surface area (Å²) in [6, 6.07) is 6.63. The predicted octanol–water partition coefficient (Wildman–Crippen LogP) is 1.16. The summed E-state index contributed by atoms with van der Waals surface area (Å²) >= 11 is 0. The first-order valence-electron chi connectivity index (χ1n) is 7.55. The van der Waals surface area contributed by atoms with Crippen LogP contribution in [0.15, 0.2) is 29.3 Å². The number of nitrogens with zero attached hydrogens (tertiary/aromatic N) is 3. The van der Waals surface area contributed by atoms with Gasteiger partial charge in [-0.1, -0.05) is 12.1 Å². The Morgan fingerprint density at radius 3 is 3.05 bits per heavy atom. The highest BCUT2D eigenvalue weighted by atomic mass is 19.1. The number of rotatable bonds is 4. The van der Waals surface area contributed by atoms with Crippen LogP contribution in [0.1, 0.15) is 5.56 Å². The molecule has 22 heavy (non-hydrogen) atoms. The van der Waals surface area contributed by atoms with Crippen LogP contribution in [0.2, 0.25) is 0 Å². The lowest BCUT2D eigenvalue weighted by atomic mass is 10.2. The molecule has 0 bridgehead atoms. The molecule has 1 fully saturated rings. The number of hydrogen-bond acceptors (Lipinski definition) is 3. The molecule has 2 rings (SSSR count). The molecule has 1 aliphatic rings. The van der Waals surface area contributed by atoms with E-state index >= 15 is 0 Å². The lowest BCUT2D eigenvalue weighted by Gasteiger charge is -2.31. The minimum Gasteiger partial charge on any atom is -0.374 e. The average Bonchev–Trinajstić information content (AvgIpc) is 2.48. The Morgan fingerprint density at radius 2 is 2.36 bits per heavy atom. The fourth-order valence-electron chi connectivity index (χ4n) is 2.56. The summed E-state index contributed by atoms with van der Waals surface area (Å²) < 4.78 is 19.0. The summed E-state index contributed by atoms with van der Waals surface area (Å²) in [6.07, 6.45) is 0.165. The molecule has 0 saturated carbocycles. The van der Waals surface area contributed by atoms with Crippen molar-refractivity contribution < 1.29 is 9.13 Å². The number of morpholine rings is 1. The third-order valence-corrected chi connectivity index (χ3v) is 3.71. The van der Waals surface area contributed by atoms with Gasteiger partial charge in [0.05, 0.1) is 12.7 Å². The minimum atomic E-state index is -0.215. The molecule has 1 saturated heterocycles. The van der Waals surface area contributed by atoms with Crippen molar-refractivity contribution in [3.8, 4) is 0 Å². The molecule has 0 aromatic heterocycles. The zero-order valence-corrected chi connectivity index (χ0v) is 13.6. The van der Waals surface area contributed by atoms with Gasteiger partial charge in [0.15, 0.2) is 5.96 Å². The number of ether oxygens (including phenoxy) is 1. The molecule has 1 unspecified atom stereocenters. The number of aliphatic imine (C=N–C) groups is 1. The fourth-order valence-corrected chi connectivity index (χ4v) is 2.56. The monoisotopic (exact) mass is 308 g/mol. The summed E-state index contributed by atoms with van der Waals surface area (Å²) in [5.74, 6) is 0.563. The Morgan fingerprint density at radius 1 is 1.55 bits per heavy atom. The standard InChI is InChI=1S/C16H25FN4O/c1-18-16(19-10-15-12-20(2)7-8-22-15)21(3)11-13-5-4-6-14(17)9-13/h4-6,9,15H,7-8,10-12H2,1-3H3,(H,18,19). The van der Waals surface area contributed by atoms with E-state index in [9.17, 15) is 4.39 Å². The van der Waals surface area contributed by atoms with E-state index in [4.69, 9.17) is 4.74 Å². The van der Waals surface area contributed by atoms with Crippen molar-refractivity contribution in [3.05, 3.63) is 35.6 Å². The van der Waals surface area contributed by atoms with Gasteiger partial charge in [-0.05, 0) is 24.7 Å². The minimum absolute atomic E-state index is 0.165. The maximum Gasteiger partial charge on any atom is 0.193 e. The molecule has 6 heteroatoms. The van der Waals surface area contributed by atoms with Gasteiger partial charge in [-0.25, -0.2) is 4.39 Å². The van der Waals surface area contributed by atoms with Crippen molar-refractivity contribution >= 4 is 5.96 Å². The second-order valence-electron chi connectivity index (χ2n) is 5.67. The lowest BCUT2D eigenvalue weighted by Crippen LogP contribution is -2.48. The van der Waals surface area contributed by atoms with E-state index in [0.717, 1.165) is 31.2 Å². The summed E-state index contributed by atoms with van der Waals surface area (Å²) in [5, 5.41) is 3.32. The van der Waals surface area contributed by atoms with Crippen LogP contribution in [-0.4, -0.2) is 69.2 Å². The summed E-state index contributed by atoms with van der Waals surface area (Å²) in [7, 11) is 5.78. The van der Waals surface area contributed by atoms with Crippen LogP contribution in [0.3, 0.4) is 0 Å². The largest absolute Gasteiger partial charge is 0.374 e. The summed E-state index contributed by atoms with van der Waals surface area (Å²) in [6.45, 7) is 3.97. The van der Waals surface area contributed by atoms with Crippen LogP contribution < -0.4 is 5.32 Å². The average molecular weight is 308 g/mol. The Bertz CT molecular complexity index is 509. The molecule has 0 amide bonds. The SMILES string of the molecule is CN=C(NCC1CN(C)CCO1)N(C)Cc1cccc(F)c1. The fraction of sp³-hybridized carbons (Fsp3) is 0.562. The van der Waals surface area contributed by atoms with Crippen LogP contribution in [0.4, 0.5) is 4.39 Å².